The SMILES string of the molecule is COCC(CS(=O)(=O)NCc1noc(-c2cccs2)n1)OC. The van der Waals surface area contributed by atoms with Crippen molar-refractivity contribution in [1.29, 1.82) is 0 Å². The molecule has 22 heavy (non-hydrogen) atoms. The molecule has 2 aromatic heterocycles. The molecule has 2 aromatic rings. The average molecular weight is 347 g/mol. The summed E-state index contributed by atoms with van der Waals surface area (Å²) in [7, 11) is -0.612. The van der Waals surface area contributed by atoms with E-state index in [-0.39, 0.29) is 24.7 Å². The van der Waals surface area contributed by atoms with Gasteiger partial charge in [-0.2, -0.15) is 4.98 Å². The highest BCUT2D eigenvalue weighted by Crippen LogP contribution is 2.22. The molecule has 0 aliphatic carbocycles. The monoisotopic (exact) mass is 347 g/mol. The van der Waals surface area contributed by atoms with Crippen LogP contribution >= 0.6 is 11.3 Å². The standard InChI is InChI=1S/C12H17N3O5S2/c1-18-7-9(19-2)8-22(16,17)13-6-11-14-12(20-15-11)10-4-3-5-21-10/h3-5,9,13H,6-8H2,1-2H3. The first-order valence-electron chi connectivity index (χ1n) is 6.39. The predicted molar refractivity (Wildman–Crippen MR) is 80.9 cm³/mol. The number of hydrogen-bond donors (Lipinski definition) is 1. The summed E-state index contributed by atoms with van der Waals surface area (Å²) >= 11 is 1.46. The number of sulfonamides is 1. The summed E-state index contributed by atoms with van der Waals surface area (Å²) in [5, 5.41) is 5.64. The Hall–Kier alpha value is -1.33. The van der Waals surface area contributed by atoms with Crippen LogP contribution in [-0.2, 0) is 26.0 Å². The smallest absolute Gasteiger partial charge is 0.268 e. The molecule has 122 valence electrons. The molecule has 8 nitrogen and oxygen atoms in total. The van der Waals surface area contributed by atoms with Crippen molar-refractivity contribution in [2.45, 2.75) is 12.6 Å². The highest BCUT2D eigenvalue weighted by Gasteiger charge is 2.20. The van der Waals surface area contributed by atoms with Crippen LogP contribution in [0.5, 0.6) is 0 Å². The second-order valence-electron chi connectivity index (χ2n) is 4.41. The van der Waals surface area contributed by atoms with Crippen molar-refractivity contribution in [2.75, 3.05) is 26.6 Å². The first kappa shape index (κ1) is 17.0. The normalized spacial score (nSPS) is 13.4. The molecule has 2 heterocycles. The van der Waals surface area contributed by atoms with Gasteiger partial charge in [0.15, 0.2) is 5.82 Å². The molecule has 2 rings (SSSR count). The van der Waals surface area contributed by atoms with Gasteiger partial charge in [-0.1, -0.05) is 11.2 Å². The molecule has 0 aromatic carbocycles. The van der Waals surface area contributed by atoms with E-state index < -0.39 is 16.1 Å². The highest BCUT2D eigenvalue weighted by molar-refractivity contribution is 7.89. The van der Waals surface area contributed by atoms with Gasteiger partial charge in [0.2, 0.25) is 10.0 Å². The molecule has 0 saturated heterocycles. The zero-order valence-electron chi connectivity index (χ0n) is 12.2. The van der Waals surface area contributed by atoms with Gasteiger partial charge in [-0.05, 0) is 11.4 Å². The van der Waals surface area contributed by atoms with Gasteiger partial charge in [0.05, 0.1) is 29.9 Å². The Labute approximate surface area is 132 Å². The lowest BCUT2D eigenvalue weighted by Crippen LogP contribution is -2.35. The van der Waals surface area contributed by atoms with Gasteiger partial charge in [0.1, 0.15) is 0 Å². The lowest BCUT2D eigenvalue weighted by Gasteiger charge is -2.14. The number of hydrogen-bond acceptors (Lipinski definition) is 8. The number of thiophene rings is 1. The van der Waals surface area contributed by atoms with Gasteiger partial charge in [-0.3, -0.25) is 0 Å². The van der Waals surface area contributed by atoms with Crippen LogP contribution in [0.15, 0.2) is 22.0 Å². The first-order chi connectivity index (χ1) is 10.5. The largest absolute Gasteiger partial charge is 0.382 e. The Morgan fingerprint density at radius 2 is 2.27 bits per heavy atom. The van der Waals surface area contributed by atoms with E-state index in [9.17, 15) is 8.42 Å². The second kappa shape index (κ2) is 7.79. The molecule has 0 amide bonds. The number of ether oxygens (including phenoxy) is 2. The molecular formula is C12H17N3O5S2. The molecule has 0 saturated carbocycles. The molecule has 1 atom stereocenters. The van der Waals surface area contributed by atoms with E-state index in [1.54, 1.807) is 0 Å². The zero-order chi connectivity index (χ0) is 16.0. The summed E-state index contributed by atoms with van der Waals surface area (Å²) in [5.74, 6) is 0.443. The van der Waals surface area contributed by atoms with Gasteiger partial charge in [-0.25, -0.2) is 13.1 Å². The number of aromatic nitrogens is 2. The van der Waals surface area contributed by atoms with E-state index in [1.165, 1.54) is 25.6 Å². The lowest BCUT2D eigenvalue weighted by atomic mass is 10.4. The summed E-state index contributed by atoms with van der Waals surface area (Å²) in [5.41, 5.74) is 0. The average Bonchev–Trinajstić information content (AvgIpc) is 3.15. The Balaban J connectivity index is 1.92. The van der Waals surface area contributed by atoms with Crippen molar-refractivity contribution in [3.8, 4) is 10.8 Å². The molecule has 0 aliphatic heterocycles. The van der Waals surface area contributed by atoms with Gasteiger partial charge < -0.3 is 14.0 Å². The Bertz CT molecular complexity index is 669. The van der Waals surface area contributed by atoms with E-state index in [0.717, 1.165) is 4.88 Å². The Morgan fingerprint density at radius 1 is 1.45 bits per heavy atom. The van der Waals surface area contributed by atoms with Crippen molar-refractivity contribution in [1.82, 2.24) is 14.9 Å². The van der Waals surface area contributed by atoms with E-state index in [2.05, 4.69) is 14.9 Å². The van der Waals surface area contributed by atoms with Crippen LogP contribution in [0, 0.1) is 0 Å². The van der Waals surface area contributed by atoms with Gasteiger partial charge >= 0.3 is 0 Å². The molecular weight excluding hydrogens is 330 g/mol. The highest BCUT2D eigenvalue weighted by atomic mass is 32.2. The Kier molecular flexibility index (Phi) is 6.03. The topological polar surface area (TPSA) is 104 Å². The third kappa shape index (κ3) is 4.85. The van der Waals surface area contributed by atoms with Crippen molar-refractivity contribution in [3.63, 3.8) is 0 Å². The minimum Gasteiger partial charge on any atom is -0.382 e. The van der Waals surface area contributed by atoms with Crippen molar-refractivity contribution >= 4 is 21.4 Å². The maximum absolute atomic E-state index is 12.0. The fourth-order valence-corrected chi connectivity index (χ4v) is 3.51. The van der Waals surface area contributed by atoms with Crippen molar-refractivity contribution < 1.29 is 22.4 Å². The van der Waals surface area contributed by atoms with Crippen LogP contribution in [0.1, 0.15) is 5.82 Å². The fraction of sp³-hybridized carbons (Fsp3) is 0.500. The molecule has 1 N–H and O–H groups in total. The molecule has 10 heteroatoms. The molecule has 0 bridgehead atoms. The third-order valence-electron chi connectivity index (χ3n) is 2.74. The summed E-state index contributed by atoms with van der Waals surface area (Å²) < 4.78 is 41.3. The number of nitrogens with one attached hydrogen (secondary N) is 1. The quantitative estimate of drug-likeness (QED) is 0.718. The van der Waals surface area contributed by atoms with E-state index >= 15 is 0 Å². The van der Waals surface area contributed by atoms with Crippen molar-refractivity contribution in [3.05, 3.63) is 23.3 Å². The summed E-state index contributed by atoms with van der Waals surface area (Å²) in [6.07, 6.45) is -0.533. The molecule has 0 fully saturated rings. The van der Waals surface area contributed by atoms with Crippen LogP contribution in [0.4, 0.5) is 0 Å². The zero-order valence-corrected chi connectivity index (χ0v) is 13.8. The van der Waals surface area contributed by atoms with Crippen LogP contribution < -0.4 is 4.72 Å². The maximum Gasteiger partial charge on any atom is 0.268 e. The molecule has 0 radical (unpaired) electrons. The number of methoxy groups -OCH3 is 2. The van der Waals surface area contributed by atoms with Crippen LogP contribution in [0.25, 0.3) is 10.8 Å². The molecule has 0 spiro atoms. The van der Waals surface area contributed by atoms with Crippen LogP contribution in [0.2, 0.25) is 0 Å². The third-order valence-corrected chi connectivity index (χ3v) is 4.99. The molecule has 1 unspecified atom stereocenters. The van der Waals surface area contributed by atoms with Gasteiger partial charge in [0, 0.05) is 14.2 Å². The predicted octanol–water partition coefficient (Wildman–Crippen LogP) is 0.879. The summed E-state index contributed by atoms with van der Waals surface area (Å²) in [4.78, 5) is 4.98. The van der Waals surface area contributed by atoms with E-state index in [1.807, 2.05) is 17.5 Å². The molecule has 0 aliphatic rings. The first-order valence-corrected chi connectivity index (χ1v) is 8.93. The van der Waals surface area contributed by atoms with Gasteiger partial charge in [0.25, 0.3) is 5.89 Å². The lowest BCUT2D eigenvalue weighted by molar-refractivity contribution is 0.0419. The fourth-order valence-electron chi connectivity index (χ4n) is 1.67. The second-order valence-corrected chi connectivity index (χ2v) is 7.21. The summed E-state index contributed by atoms with van der Waals surface area (Å²) in [6, 6.07) is 3.72. The summed E-state index contributed by atoms with van der Waals surface area (Å²) in [6.45, 7) is 0.156. The van der Waals surface area contributed by atoms with E-state index in [0.29, 0.717) is 5.89 Å². The van der Waals surface area contributed by atoms with Gasteiger partial charge in [-0.15, -0.1) is 11.3 Å². The maximum atomic E-state index is 12.0. The minimum atomic E-state index is -3.53. The van der Waals surface area contributed by atoms with E-state index in [4.69, 9.17) is 14.0 Å². The number of nitrogens with zero attached hydrogens (tertiary/aromatic N) is 2. The minimum absolute atomic E-state index is 0.0410. The van der Waals surface area contributed by atoms with Crippen molar-refractivity contribution in [2.24, 2.45) is 0 Å². The Morgan fingerprint density at radius 3 is 2.91 bits per heavy atom. The number of rotatable bonds is 9. The van der Waals surface area contributed by atoms with Crippen LogP contribution in [0.3, 0.4) is 0 Å². The van der Waals surface area contributed by atoms with Crippen LogP contribution in [-0.4, -0.2) is 51.2 Å².